The van der Waals surface area contributed by atoms with Crippen LogP contribution >= 0.6 is 0 Å². The van der Waals surface area contributed by atoms with Crippen molar-refractivity contribution in [2.75, 3.05) is 6.61 Å². The Balaban J connectivity index is 2.84. The smallest absolute Gasteiger partial charge is 0.408 e. The average Bonchev–Trinajstić information content (AvgIpc) is 2.91. The number of hydrogen-bond donors (Lipinski definition) is 2. The fraction of sp³-hybridized carbons (Fsp3) is 0.806. The lowest BCUT2D eigenvalue weighted by molar-refractivity contribution is -0.0755. The van der Waals surface area contributed by atoms with Crippen LogP contribution in [0.15, 0.2) is 30.3 Å². The Labute approximate surface area is 266 Å². The number of benzene rings is 1. The van der Waals surface area contributed by atoms with Crippen molar-refractivity contribution in [2.24, 2.45) is 0 Å². The number of aliphatic hydroxyl groups is 1. The zero-order chi connectivity index (χ0) is 32.4. The minimum Gasteiger partial charge on any atom is -0.444 e. The largest absolute Gasteiger partial charge is 0.444 e. The molecule has 1 aromatic carbocycles. The second kappa shape index (κ2) is 20.6. The summed E-state index contributed by atoms with van der Waals surface area (Å²) in [6, 6.07) is 9.40. The van der Waals surface area contributed by atoms with Crippen molar-refractivity contribution in [3.8, 4) is 0 Å². The molecule has 0 aliphatic rings. The highest BCUT2D eigenvalue weighted by Crippen LogP contribution is 2.36. The summed E-state index contributed by atoms with van der Waals surface area (Å²) in [4.78, 5) is 13.0. The van der Waals surface area contributed by atoms with Crippen molar-refractivity contribution in [2.45, 2.75) is 181 Å². The quantitative estimate of drug-likeness (QED) is 0.0995. The Hall–Kier alpha value is -1.41. The SMILES string of the molecule is CCCCCCCCCCCCCC[C@H](O)[C@@H](OCc1ccccc1)[C@H](CO[Si](C)(C)C(C)(C)C)NC(=O)OC(C)(C)C. The topological polar surface area (TPSA) is 77.0 Å². The van der Waals surface area contributed by atoms with E-state index in [2.05, 4.69) is 46.1 Å². The van der Waals surface area contributed by atoms with Crippen LogP contribution in [0.4, 0.5) is 4.79 Å². The number of hydrogen-bond acceptors (Lipinski definition) is 5. The van der Waals surface area contributed by atoms with Gasteiger partial charge in [0, 0.05) is 0 Å². The molecule has 0 fully saturated rings. The maximum Gasteiger partial charge on any atom is 0.408 e. The lowest BCUT2D eigenvalue weighted by Gasteiger charge is -2.39. The molecule has 0 spiro atoms. The molecule has 0 aromatic heterocycles. The van der Waals surface area contributed by atoms with Crippen molar-refractivity contribution in [1.29, 1.82) is 0 Å². The fourth-order valence-corrected chi connectivity index (χ4v) is 5.84. The van der Waals surface area contributed by atoms with E-state index in [-0.39, 0.29) is 11.6 Å². The number of carbonyl (C=O) groups is 1. The van der Waals surface area contributed by atoms with Gasteiger partial charge in [0.2, 0.25) is 0 Å². The zero-order valence-electron chi connectivity index (χ0n) is 29.3. The molecule has 0 aliphatic carbocycles. The van der Waals surface area contributed by atoms with Crippen LogP contribution in [-0.2, 0) is 20.5 Å². The monoisotopic (exact) mass is 621 g/mol. The Bertz CT molecular complexity index is 849. The number of ether oxygens (including phenoxy) is 2. The minimum atomic E-state index is -2.12. The van der Waals surface area contributed by atoms with Gasteiger partial charge < -0.3 is 24.3 Å². The Morgan fingerprint density at radius 2 is 1.35 bits per heavy atom. The summed E-state index contributed by atoms with van der Waals surface area (Å²) in [6.45, 7) is 19.4. The third-order valence-electron chi connectivity index (χ3n) is 8.55. The van der Waals surface area contributed by atoms with E-state index in [1.807, 2.05) is 51.1 Å². The summed E-state index contributed by atoms with van der Waals surface area (Å²) in [5, 5.41) is 14.5. The predicted octanol–water partition coefficient (Wildman–Crippen LogP) is 9.94. The van der Waals surface area contributed by atoms with Gasteiger partial charge in [-0.05, 0) is 50.9 Å². The van der Waals surface area contributed by atoms with Gasteiger partial charge in [0.15, 0.2) is 8.32 Å². The van der Waals surface area contributed by atoms with Crippen LogP contribution in [0.1, 0.15) is 138 Å². The van der Waals surface area contributed by atoms with Crippen LogP contribution in [-0.4, -0.2) is 50.0 Å². The summed E-state index contributed by atoms with van der Waals surface area (Å²) < 4.78 is 18.6. The molecule has 0 saturated heterocycles. The predicted molar refractivity (Wildman–Crippen MR) is 183 cm³/mol. The zero-order valence-corrected chi connectivity index (χ0v) is 30.3. The van der Waals surface area contributed by atoms with Gasteiger partial charge in [-0.2, -0.15) is 0 Å². The first-order valence-electron chi connectivity index (χ1n) is 17.1. The molecule has 0 saturated carbocycles. The van der Waals surface area contributed by atoms with E-state index in [0.29, 0.717) is 13.0 Å². The third-order valence-corrected chi connectivity index (χ3v) is 13.0. The number of amides is 1. The van der Waals surface area contributed by atoms with Crippen LogP contribution in [0.2, 0.25) is 18.1 Å². The summed E-state index contributed by atoms with van der Waals surface area (Å²) in [5.41, 5.74) is 0.384. The van der Waals surface area contributed by atoms with Gasteiger partial charge in [0.25, 0.3) is 0 Å². The van der Waals surface area contributed by atoms with Crippen LogP contribution in [0, 0.1) is 0 Å². The number of carbonyl (C=O) groups excluding carboxylic acids is 1. The second-order valence-electron chi connectivity index (χ2n) is 14.8. The molecule has 1 amide bonds. The normalized spacial score (nSPS) is 14.7. The van der Waals surface area contributed by atoms with E-state index in [0.717, 1.165) is 18.4 Å². The Morgan fingerprint density at radius 3 is 1.84 bits per heavy atom. The number of unbranched alkanes of at least 4 members (excludes halogenated alkanes) is 11. The van der Waals surface area contributed by atoms with E-state index >= 15 is 0 Å². The average molecular weight is 622 g/mol. The van der Waals surface area contributed by atoms with Crippen LogP contribution in [0.5, 0.6) is 0 Å². The second-order valence-corrected chi connectivity index (χ2v) is 19.6. The molecule has 0 unspecified atom stereocenters. The minimum absolute atomic E-state index is 0.0114. The summed E-state index contributed by atoms with van der Waals surface area (Å²) >= 11 is 0. The summed E-state index contributed by atoms with van der Waals surface area (Å²) in [6.07, 6.45) is 13.9. The number of alkyl carbamates (subject to hydrolysis) is 1. The van der Waals surface area contributed by atoms with Gasteiger partial charge in [-0.25, -0.2) is 4.79 Å². The molecule has 7 heteroatoms. The van der Waals surface area contributed by atoms with E-state index in [1.165, 1.54) is 64.2 Å². The number of nitrogens with one attached hydrogen (secondary N) is 1. The first-order valence-corrected chi connectivity index (χ1v) is 20.0. The number of rotatable bonds is 22. The maximum atomic E-state index is 13.0. The standard InChI is InChI=1S/C36H67NO5Si/c1-10-11-12-13-14-15-16-17-18-19-20-24-27-32(38)33(40-28-30-25-22-21-23-26-30)31(37-34(39)42-35(2,3)4)29-41-43(8,9)36(5,6)7/h21-23,25-26,31-33,38H,10-20,24,27-29H2,1-9H3,(H,37,39)/t31-,32-,33-/m0/s1. The molecule has 1 aromatic rings. The lowest BCUT2D eigenvalue weighted by Crippen LogP contribution is -2.55. The molecular weight excluding hydrogens is 554 g/mol. The molecule has 0 bridgehead atoms. The van der Waals surface area contributed by atoms with Gasteiger partial charge in [0.05, 0.1) is 25.4 Å². The molecule has 250 valence electrons. The molecule has 0 radical (unpaired) electrons. The van der Waals surface area contributed by atoms with Crippen molar-refractivity contribution in [1.82, 2.24) is 5.32 Å². The molecular formula is C36H67NO5Si. The molecule has 43 heavy (non-hydrogen) atoms. The molecule has 6 nitrogen and oxygen atoms in total. The summed E-state index contributed by atoms with van der Waals surface area (Å²) in [7, 11) is -2.12. The maximum absolute atomic E-state index is 13.0. The fourth-order valence-electron chi connectivity index (χ4n) is 4.81. The molecule has 3 atom stereocenters. The van der Waals surface area contributed by atoms with Crippen LogP contribution in [0.3, 0.4) is 0 Å². The summed E-state index contributed by atoms with van der Waals surface area (Å²) in [5.74, 6) is 0. The first kappa shape index (κ1) is 39.6. The van der Waals surface area contributed by atoms with E-state index in [4.69, 9.17) is 13.9 Å². The van der Waals surface area contributed by atoms with Gasteiger partial charge in [0.1, 0.15) is 11.7 Å². The highest BCUT2D eigenvalue weighted by molar-refractivity contribution is 6.74. The lowest BCUT2D eigenvalue weighted by atomic mass is 9.99. The Morgan fingerprint density at radius 1 is 0.837 bits per heavy atom. The van der Waals surface area contributed by atoms with E-state index in [1.54, 1.807) is 0 Å². The van der Waals surface area contributed by atoms with Gasteiger partial charge in [-0.15, -0.1) is 0 Å². The number of aliphatic hydroxyl groups excluding tert-OH is 1. The van der Waals surface area contributed by atoms with Crippen molar-refractivity contribution >= 4 is 14.4 Å². The highest BCUT2D eigenvalue weighted by atomic mass is 28.4. The van der Waals surface area contributed by atoms with E-state index in [9.17, 15) is 9.90 Å². The van der Waals surface area contributed by atoms with Gasteiger partial charge in [-0.3, -0.25) is 0 Å². The van der Waals surface area contributed by atoms with Gasteiger partial charge >= 0.3 is 6.09 Å². The van der Waals surface area contributed by atoms with Crippen molar-refractivity contribution < 1.29 is 23.8 Å². The molecule has 0 aliphatic heterocycles. The first-order chi connectivity index (χ1) is 20.2. The van der Waals surface area contributed by atoms with Gasteiger partial charge in [-0.1, -0.05) is 135 Å². The highest BCUT2D eigenvalue weighted by Gasteiger charge is 2.40. The third kappa shape index (κ3) is 18.2. The molecule has 2 N–H and O–H groups in total. The molecule has 1 rings (SSSR count). The Kier molecular flexibility index (Phi) is 19.0. The van der Waals surface area contributed by atoms with Crippen LogP contribution < -0.4 is 5.32 Å². The van der Waals surface area contributed by atoms with Crippen molar-refractivity contribution in [3.63, 3.8) is 0 Å². The molecule has 0 heterocycles. The van der Waals surface area contributed by atoms with Crippen LogP contribution in [0.25, 0.3) is 0 Å². The van der Waals surface area contributed by atoms with Crippen molar-refractivity contribution in [3.05, 3.63) is 35.9 Å². The van der Waals surface area contributed by atoms with E-state index < -0.39 is 38.3 Å².